The lowest BCUT2D eigenvalue weighted by Crippen LogP contribution is -2.25. The molecule has 18 heavy (non-hydrogen) atoms. The van der Waals surface area contributed by atoms with E-state index in [1.807, 2.05) is 13.0 Å². The number of anilines is 1. The van der Waals surface area contributed by atoms with Gasteiger partial charge in [-0.15, -0.1) is 6.58 Å². The van der Waals surface area contributed by atoms with E-state index in [0.29, 0.717) is 23.7 Å². The lowest BCUT2D eigenvalue weighted by molar-refractivity contribution is 0.581. The third-order valence-corrected chi connectivity index (χ3v) is 3.90. The van der Waals surface area contributed by atoms with Crippen LogP contribution in [0.5, 0.6) is 0 Å². The quantitative estimate of drug-likeness (QED) is 0.562. The van der Waals surface area contributed by atoms with Crippen LogP contribution in [-0.2, 0) is 10.0 Å². The number of para-hydroxylation sites is 1. The van der Waals surface area contributed by atoms with Crippen LogP contribution in [0.1, 0.15) is 19.8 Å². The molecule has 0 atom stereocenters. The van der Waals surface area contributed by atoms with Gasteiger partial charge >= 0.3 is 0 Å². The number of hydrogen-bond donors (Lipinski definition) is 2. The van der Waals surface area contributed by atoms with Gasteiger partial charge in [-0.3, -0.25) is 0 Å². The van der Waals surface area contributed by atoms with Crippen molar-refractivity contribution in [3.63, 3.8) is 0 Å². The summed E-state index contributed by atoms with van der Waals surface area (Å²) in [5.74, 6) is 0. The number of hydrogen-bond acceptors (Lipinski definition) is 3. The highest BCUT2D eigenvalue weighted by Crippen LogP contribution is 2.20. The van der Waals surface area contributed by atoms with E-state index in [1.165, 1.54) is 0 Å². The molecular formula is C13H20N2O2S. The molecule has 0 spiro atoms. The van der Waals surface area contributed by atoms with Crippen molar-refractivity contribution >= 4 is 15.7 Å². The number of benzene rings is 1. The van der Waals surface area contributed by atoms with Gasteiger partial charge < -0.3 is 5.32 Å². The van der Waals surface area contributed by atoms with Gasteiger partial charge in [-0.2, -0.15) is 0 Å². The predicted octanol–water partition coefficient (Wildman–Crippen LogP) is 2.36. The summed E-state index contributed by atoms with van der Waals surface area (Å²) in [6.45, 7) is 6.68. The smallest absolute Gasteiger partial charge is 0.242 e. The maximum Gasteiger partial charge on any atom is 0.242 e. The van der Waals surface area contributed by atoms with Crippen molar-refractivity contribution in [2.24, 2.45) is 0 Å². The summed E-state index contributed by atoms with van der Waals surface area (Å²) < 4.78 is 26.7. The molecule has 4 nitrogen and oxygen atoms in total. The van der Waals surface area contributed by atoms with Crippen molar-refractivity contribution in [2.45, 2.75) is 24.7 Å². The Bertz CT molecular complexity index is 484. The average molecular weight is 268 g/mol. The normalized spacial score (nSPS) is 11.2. The number of rotatable bonds is 8. The molecule has 0 aliphatic carbocycles. The van der Waals surface area contributed by atoms with Crippen LogP contribution < -0.4 is 10.0 Å². The van der Waals surface area contributed by atoms with Gasteiger partial charge in [0, 0.05) is 13.1 Å². The van der Waals surface area contributed by atoms with Crippen molar-refractivity contribution in [3.05, 3.63) is 36.9 Å². The molecule has 0 fully saturated rings. The van der Waals surface area contributed by atoms with Crippen molar-refractivity contribution in [3.8, 4) is 0 Å². The summed E-state index contributed by atoms with van der Waals surface area (Å²) >= 11 is 0. The minimum Gasteiger partial charge on any atom is -0.384 e. The first-order valence-corrected chi connectivity index (χ1v) is 7.53. The fourth-order valence-corrected chi connectivity index (χ4v) is 2.79. The molecule has 0 aromatic heterocycles. The van der Waals surface area contributed by atoms with Crippen LogP contribution in [0.2, 0.25) is 0 Å². The summed E-state index contributed by atoms with van der Waals surface area (Å²) in [4.78, 5) is 0.294. The van der Waals surface area contributed by atoms with Crippen molar-refractivity contribution < 1.29 is 8.42 Å². The van der Waals surface area contributed by atoms with E-state index in [0.717, 1.165) is 12.8 Å². The predicted molar refractivity (Wildman–Crippen MR) is 75.2 cm³/mol. The Kier molecular flexibility index (Phi) is 5.88. The summed E-state index contributed by atoms with van der Waals surface area (Å²) in [5.41, 5.74) is 0.628. The maximum atomic E-state index is 12.1. The fraction of sp³-hybridized carbons (Fsp3) is 0.385. The molecule has 2 N–H and O–H groups in total. The fourth-order valence-electron chi connectivity index (χ4n) is 1.47. The van der Waals surface area contributed by atoms with Crippen LogP contribution in [0.15, 0.2) is 41.8 Å². The van der Waals surface area contributed by atoms with Crippen LogP contribution in [0, 0.1) is 0 Å². The van der Waals surface area contributed by atoms with Gasteiger partial charge in [0.05, 0.1) is 5.69 Å². The molecule has 1 rings (SSSR count). The van der Waals surface area contributed by atoms with Crippen LogP contribution >= 0.6 is 0 Å². The third-order valence-electron chi connectivity index (χ3n) is 2.38. The highest BCUT2D eigenvalue weighted by Gasteiger charge is 2.16. The van der Waals surface area contributed by atoms with E-state index >= 15 is 0 Å². The Morgan fingerprint density at radius 2 is 2.00 bits per heavy atom. The van der Waals surface area contributed by atoms with Crippen molar-refractivity contribution in [2.75, 3.05) is 18.4 Å². The zero-order chi connectivity index (χ0) is 13.4. The van der Waals surface area contributed by atoms with Crippen LogP contribution in [0.25, 0.3) is 0 Å². The van der Waals surface area contributed by atoms with E-state index in [1.54, 1.807) is 24.3 Å². The third kappa shape index (κ3) is 4.16. The average Bonchev–Trinajstić information content (AvgIpc) is 2.37. The summed E-state index contributed by atoms with van der Waals surface area (Å²) in [7, 11) is -3.43. The molecule has 0 aliphatic heterocycles. The summed E-state index contributed by atoms with van der Waals surface area (Å²) in [6.07, 6.45) is 3.35. The Morgan fingerprint density at radius 1 is 1.28 bits per heavy atom. The summed E-state index contributed by atoms with van der Waals surface area (Å²) in [6, 6.07) is 6.91. The first-order chi connectivity index (χ1) is 8.61. The molecule has 1 aromatic rings. The molecule has 0 saturated carbocycles. The van der Waals surface area contributed by atoms with Crippen molar-refractivity contribution in [1.82, 2.24) is 4.72 Å². The van der Waals surface area contributed by atoms with E-state index in [2.05, 4.69) is 16.6 Å². The Morgan fingerprint density at radius 3 is 2.67 bits per heavy atom. The van der Waals surface area contributed by atoms with E-state index in [4.69, 9.17) is 0 Å². The first-order valence-electron chi connectivity index (χ1n) is 6.05. The molecule has 5 heteroatoms. The lowest BCUT2D eigenvalue weighted by Gasteiger charge is -2.12. The van der Waals surface area contributed by atoms with Crippen molar-refractivity contribution in [1.29, 1.82) is 0 Å². The molecule has 0 radical (unpaired) electrons. The molecular weight excluding hydrogens is 248 g/mol. The minimum atomic E-state index is -3.43. The monoisotopic (exact) mass is 268 g/mol. The minimum absolute atomic E-state index is 0.294. The Labute approximate surface area is 109 Å². The molecule has 0 heterocycles. The van der Waals surface area contributed by atoms with E-state index in [9.17, 15) is 8.42 Å². The second-order valence-corrected chi connectivity index (χ2v) is 5.63. The Balaban J connectivity index is 2.90. The van der Waals surface area contributed by atoms with Gasteiger partial charge in [0.15, 0.2) is 0 Å². The van der Waals surface area contributed by atoms with Gasteiger partial charge in [0.25, 0.3) is 0 Å². The molecule has 0 bridgehead atoms. The Hall–Kier alpha value is -1.33. The van der Waals surface area contributed by atoms with Gasteiger partial charge in [0.1, 0.15) is 4.90 Å². The zero-order valence-corrected chi connectivity index (χ0v) is 11.5. The molecule has 1 aromatic carbocycles. The van der Waals surface area contributed by atoms with E-state index < -0.39 is 10.0 Å². The van der Waals surface area contributed by atoms with Gasteiger partial charge in [-0.25, -0.2) is 13.1 Å². The zero-order valence-electron chi connectivity index (χ0n) is 10.6. The number of nitrogens with one attached hydrogen (secondary N) is 2. The molecule has 0 amide bonds. The summed E-state index contributed by atoms with van der Waals surface area (Å²) in [5, 5.41) is 3.11. The van der Waals surface area contributed by atoms with Crippen LogP contribution in [0.4, 0.5) is 5.69 Å². The first kappa shape index (κ1) is 14.7. The largest absolute Gasteiger partial charge is 0.384 e. The SMILES string of the molecule is C=CCCNc1ccccc1S(=O)(=O)NCCC. The molecule has 100 valence electrons. The second-order valence-electron chi connectivity index (χ2n) is 3.90. The highest BCUT2D eigenvalue weighted by atomic mass is 32.2. The lowest BCUT2D eigenvalue weighted by atomic mass is 10.3. The van der Waals surface area contributed by atoms with Crippen LogP contribution in [-0.4, -0.2) is 21.5 Å². The molecule has 0 aliphatic rings. The van der Waals surface area contributed by atoms with Crippen LogP contribution in [0.3, 0.4) is 0 Å². The second kappa shape index (κ2) is 7.18. The van der Waals surface area contributed by atoms with Gasteiger partial charge in [-0.05, 0) is 25.0 Å². The standard InChI is InChI=1S/C13H20N2O2S/c1-3-5-11-14-12-8-6-7-9-13(12)18(16,17)15-10-4-2/h3,6-9,14-15H,1,4-5,10-11H2,2H3. The number of sulfonamides is 1. The van der Waals surface area contributed by atoms with Gasteiger partial charge in [0.2, 0.25) is 10.0 Å². The maximum absolute atomic E-state index is 12.1. The molecule has 0 unspecified atom stereocenters. The molecule has 0 saturated heterocycles. The topological polar surface area (TPSA) is 58.2 Å². The van der Waals surface area contributed by atoms with E-state index in [-0.39, 0.29) is 0 Å². The highest BCUT2D eigenvalue weighted by molar-refractivity contribution is 7.89. The van der Waals surface area contributed by atoms with Gasteiger partial charge in [-0.1, -0.05) is 25.1 Å².